The minimum Gasteiger partial charge on any atom is -0.379 e. The summed E-state index contributed by atoms with van der Waals surface area (Å²) in [5, 5.41) is 3.50. The maximum Gasteiger partial charge on any atom is 0.260 e. The van der Waals surface area contributed by atoms with Crippen molar-refractivity contribution >= 4 is 22.8 Å². The quantitative estimate of drug-likeness (QED) is 0.567. The molecular formula is C16H21N5O2. The molecule has 122 valence electrons. The normalized spacial score (nSPS) is 16.6. The number of carbonyl (C=O) groups is 1. The summed E-state index contributed by atoms with van der Waals surface area (Å²) in [6.07, 6.45) is 1.68. The Kier molecular flexibility index (Phi) is 4.89. The van der Waals surface area contributed by atoms with E-state index in [9.17, 15) is 4.79 Å². The molecular weight excluding hydrogens is 294 g/mol. The minimum absolute atomic E-state index is 0.147. The fourth-order valence-electron chi connectivity index (χ4n) is 2.62. The van der Waals surface area contributed by atoms with E-state index in [1.54, 1.807) is 6.20 Å². The van der Waals surface area contributed by atoms with E-state index in [-0.39, 0.29) is 11.9 Å². The third-order valence-corrected chi connectivity index (χ3v) is 3.88. The molecule has 0 spiro atoms. The van der Waals surface area contributed by atoms with E-state index >= 15 is 0 Å². The number of rotatable bonds is 4. The number of carbonyl (C=O) groups excluding carboxylic acids is 1. The van der Waals surface area contributed by atoms with E-state index in [4.69, 9.17) is 10.5 Å². The van der Waals surface area contributed by atoms with Crippen LogP contribution in [0.5, 0.6) is 0 Å². The topological polar surface area (TPSA) is 95.7 Å². The third-order valence-electron chi connectivity index (χ3n) is 3.88. The molecule has 4 N–H and O–H groups in total. The van der Waals surface area contributed by atoms with Crippen LogP contribution in [-0.4, -0.2) is 61.1 Å². The van der Waals surface area contributed by atoms with Crippen LogP contribution in [0.25, 0.3) is 10.9 Å². The van der Waals surface area contributed by atoms with Gasteiger partial charge in [-0.2, -0.15) is 0 Å². The summed E-state index contributed by atoms with van der Waals surface area (Å²) < 4.78 is 5.29. The molecule has 0 bridgehead atoms. The summed E-state index contributed by atoms with van der Waals surface area (Å²) in [5.41, 5.74) is 7.28. The molecule has 2 heterocycles. The van der Waals surface area contributed by atoms with Gasteiger partial charge in [-0.05, 0) is 6.07 Å². The smallest absolute Gasteiger partial charge is 0.260 e. The second-order valence-corrected chi connectivity index (χ2v) is 5.42. The molecule has 0 aliphatic carbocycles. The fourth-order valence-corrected chi connectivity index (χ4v) is 2.62. The van der Waals surface area contributed by atoms with Gasteiger partial charge in [-0.15, -0.1) is 0 Å². The van der Waals surface area contributed by atoms with Crippen LogP contribution in [-0.2, 0) is 4.74 Å². The molecule has 0 saturated carbocycles. The molecule has 1 aromatic heterocycles. The molecule has 7 heteroatoms. The third kappa shape index (κ3) is 3.88. The van der Waals surface area contributed by atoms with Crippen molar-refractivity contribution in [2.24, 2.45) is 10.7 Å². The first-order valence-electron chi connectivity index (χ1n) is 7.71. The highest BCUT2D eigenvalue weighted by molar-refractivity contribution is 6.12. The average Bonchev–Trinajstić information content (AvgIpc) is 3.00. The van der Waals surface area contributed by atoms with Gasteiger partial charge >= 0.3 is 0 Å². The average molecular weight is 315 g/mol. The Morgan fingerprint density at radius 1 is 1.35 bits per heavy atom. The van der Waals surface area contributed by atoms with Crippen LogP contribution in [0, 0.1) is 0 Å². The largest absolute Gasteiger partial charge is 0.379 e. The highest BCUT2D eigenvalue weighted by atomic mass is 16.5. The van der Waals surface area contributed by atoms with Gasteiger partial charge in [0.15, 0.2) is 5.96 Å². The standard InChI is InChI=1S/C16H21N5O2/c17-16(18-5-6-21-7-9-23-10-8-21)20-15(22)13-11-19-14-4-2-1-3-12(13)14/h1-4,11,19H,5-10H2,(H3,17,18,20,22). The summed E-state index contributed by atoms with van der Waals surface area (Å²) in [7, 11) is 0. The van der Waals surface area contributed by atoms with E-state index in [1.807, 2.05) is 24.3 Å². The van der Waals surface area contributed by atoms with Crippen LogP contribution < -0.4 is 11.1 Å². The number of fused-ring (bicyclic) bond motifs is 1. The Balaban J connectivity index is 1.55. The zero-order valence-corrected chi connectivity index (χ0v) is 12.9. The van der Waals surface area contributed by atoms with Crippen LogP contribution >= 0.6 is 0 Å². The molecule has 23 heavy (non-hydrogen) atoms. The van der Waals surface area contributed by atoms with Crippen molar-refractivity contribution in [3.8, 4) is 0 Å². The first-order valence-corrected chi connectivity index (χ1v) is 7.71. The second-order valence-electron chi connectivity index (χ2n) is 5.42. The first kappa shape index (κ1) is 15.5. The summed E-state index contributed by atoms with van der Waals surface area (Å²) in [6, 6.07) is 7.63. The number of benzene rings is 1. The number of nitrogens with two attached hydrogens (primary N) is 1. The highest BCUT2D eigenvalue weighted by Crippen LogP contribution is 2.17. The Bertz CT molecular complexity index is 703. The van der Waals surface area contributed by atoms with Crippen LogP contribution in [0.1, 0.15) is 10.4 Å². The number of ether oxygens (including phenoxy) is 1. The predicted octanol–water partition coefficient (Wildman–Crippen LogP) is 0.545. The molecule has 1 saturated heterocycles. The lowest BCUT2D eigenvalue weighted by molar-refractivity contribution is 0.0394. The number of nitrogens with zero attached hydrogens (tertiary/aromatic N) is 2. The number of amides is 1. The van der Waals surface area contributed by atoms with E-state index in [0.29, 0.717) is 12.1 Å². The summed E-state index contributed by atoms with van der Waals surface area (Å²) in [5.74, 6) is -0.108. The van der Waals surface area contributed by atoms with Gasteiger partial charge < -0.3 is 15.5 Å². The lowest BCUT2D eigenvalue weighted by Gasteiger charge is -2.25. The first-order chi connectivity index (χ1) is 11.2. The maximum absolute atomic E-state index is 12.3. The number of aromatic amines is 1. The predicted molar refractivity (Wildman–Crippen MR) is 89.5 cm³/mol. The Morgan fingerprint density at radius 2 is 2.13 bits per heavy atom. The Labute approximate surface area is 134 Å². The van der Waals surface area contributed by atoms with Crippen molar-refractivity contribution in [1.82, 2.24) is 15.2 Å². The molecule has 1 aromatic carbocycles. The molecule has 2 aromatic rings. The van der Waals surface area contributed by atoms with Crippen LogP contribution in [0.2, 0.25) is 0 Å². The van der Waals surface area contributed by atoms with Crippen molar-refractivity contribution in [1.29, 1.82) is 0 Å². The number of hydrogen-bond acceptors (Lipinski definition) is 4. The molecule has 1 aliphatic heterocycles. The fraction of sp³-hybridized carbons (Fsp3) is 0.375. The maximum atomic E-state index is 12.3. The summed E-state index contributed by atoms with van der Waals surface area (Å²) >= 11 is 0. The van der Waals surface area contributed by atoms with Gasteiger partial charge in [0.25, 0.3) is 5.91 Å². The number of aromatic nitrogens is 1. The van der Waals surface area contributed by atoms with E-state index in [0.717, 1.165) is 43.8 Å². The van der Waals surface area contributed by atoms with E-state index in [1.165, 1.54) is 0 Å². The van der Waals surface area contributed by atoms with Crippen molar-refractivity contribution < 1.29 is 9.53 Å². The SMILES string of the molecule is NC(=NCCN1CCOCC1)NC(=O)c1c[nH]c2ccccc12. The van der Waals surface area contributed by atoms with Crippen molar-refractivity contribution in [3.05, 3.63) is 36.0 Å². The molecule has 7 nitrogen and oxygen atoms in total. The van der Waals surface area contributed by atoms with Crippen molar-refractivity contribution in [3.63, 3.8) is 0 Å². The van der Waals surface area contributed by atoms with E-state index < -0.39 is 0 Å². The molecule has 0 atom stereocenters. The van der Waals surface area contributed by atoms with Crippen LogP contribution in [0.3, 0.4) is 0 Å². The molecule has 3 rings (SSSR count). The van der Waals surface area contributed by atoms with Gasteiger partial charge in [-0.1, -0.05) is 18.2 Å². The lowest BCUT2D eigenvalue weighted by atomic mass is 10.1. The highest BCUT2D eigenvalue weighted by Gasteiger charge is 2.13. The van der Waals surface area contributed by atoms with E-state index in [2.05, 4.69) is 20.2 Å². The number of H-pyrrole nitrogens is 1. The van der Waals surface area contributed by atoms with Crippen LogP contribution in [0.4, 0.5) is 0 Å². The number of hydrogen-bond donors (Lipinski definition) is 3. The van der Waals surface area contributed by atoms with Gasteiger partial charge in [0.05, 0.1) is 25.3 Å². The Hall–Kier alpha value is -2.38. The molecule has 0 unspecified atom stereocenters. The summed E-state index contributed by atoms with van der Waals surface area (Å²) in [6.45, 7) is 4.72. The zero-order chi connectivity index (χ0) is 16.1. The van der Waals surface area contributed by atoms with Crippen molar-refractivity contribution in [2.45, 2.75) is 0 Å². The van der Waals surface area contributed by atoms with Gasteiger partial charge in [-0.25, -0.2) is 0 Å². The number of morpholine rings is 1. The molecule has 1 fully saturated rings. The second kappa shape index (κ2) is 7.26. The minimum atomic E-state index is -0.255. The van der Waals surface area contributed by atoms with Crippen molar-refractivity contribution in [2.75, 3.05) is 39.4 Å². The molecule has 1 aliphatic rings. The molecule has 1 amide bonds. The van der Waals surface area contributed by atoms with Gasteiger partial charge in [0.2, 0.25) is 0 Å². The number of aliphatic imine (C=N–C) groups is 1. The number of guanidine groups is 1. The van der Waals surface area contributed by atoms with Crippen LogP contribution in [0.15, 0.2) is 35.5 Å². The number of para-hydroxylation sites is 1. The number of nitrogens with one attached hydrogen (secondary N) is 2. The van der Waals surface area contributed by atoms with Gasteiger partial charge in [0, 0.05) is 36.7 Å². The Morgan fingerprint density at radius 3 is 2.96 bits per heavy atom. The zero-order valence-electron chi connectivity index (χ0n) is 12.9. The monoisotopic (exact) mass is 315 g/mol. The van der Waals surface area contributed by atoms with Gasteiger partial charge in [0.1, 0.15) is 0 Å². The molecule has 0 radical (unpaired) electrons. The lowest BCUT2D eigenvalue weighted by Crippen LogP contribution is -2.39. The summed E-state index contributed by atoms with van der Waals surface area (Å²) in [4.78, 5) is 21.8. The van der Waals surface area contributed by atoms with Gasteiger partial charge in [-0.3, -0.25) is 20.0 Å².